The first kappa shape index (κ1) is 49.1. The Balaban J connectivity index is 0.00000135. The molecule has 1 fully saturated rings. The highest BCUT2D eigenvalue weighted by molar-refractivity contribution is 6.03. The van der Waals surface area contributed by atoms with Gasteiger partial charge in [0, 0.05) is 66.8 Å². The summed E-state index contributed by atoms with van der Waals surface area (Å²) >= 11 is 0. The molecule has 2 unspecified atom stereocenters. The van der Waals surface area contributed by atoms with E-state index >= 15 is 0 Å². The quantitative estimate of drug-likeness (QED) is 0.0283. The molecule has 0 spiro atoms. The van der Waals surface area contributed by atoms with E-state index in [0.29, 0.717) is 30.2 Å². The molecule has 2 amide bonds. The summed E-state index contributed by atoms with van der Waals surface area (Å²) in [7, 11) is 0. The first-order valence-electron chi connectivity index (χ1n) is 24.0. The molecule has 13 heteroatoms. The van der Waals surface area contributed by atoms with E-state index < -0.39 is 12.1 Å². The molecule has 5 N–H and O–H groups in total. The summed E-state index contributed by atoms with van der Waals surface area (Å²) in [5, 5.41) is 19.3. The van der Waals surface area contributed by atoms with E-state index in [1.54, 1.807) is 24.8 Å². The molecule has 13 nitrogen and oxygen atoms in total. The number of ether oxygens (including phenoxy) is 1. The minimum atomic E-state index is -1.04. The molecule has 0 bridgehead atoms. The van der Waals surface area contributed by atoms with Crippen molar-refractivity contribution in [2.75, 3.05) is 19.7 Å². The van der Waals surface area contributed by atoms with Crippen molar-refractivity contribution in [1.29, 1.82) is 0 Å². The third-order valence-corrected chi connectivity index (χ3v) is 11.9. The smallest absolute Gasteiger partial charge is 0.348 e. The second-order valence-corrected chi connectivity index (χ2v) is 17.1. The largest absolute Gasteiger partial charge is 0.478 e. The zero-order valence-electron chi connectivity index (χ0n) is 38.4. The SMILES string of the molecule is CCCCCCCCCCCCCCCCNC(=O)c1ccc(-c2nc(-c3ccc(C4=NOC(C(=O)O)C4)cc3)c(-c3ccc(C=CC(=O)NCC4CCCO4)cc3)[nH]2)cc1.c1c[nH]cn1. The third kappa shape index (κ3) is 16.0. The van der Waals surface area contributed by atoms with Crippen LogP contribution < -0.4 is 10.6 Å². The number of aromatic nitrogens is 4. The molecule has 66 heavy (non-hydrogen) atoms. The minimum absolute atomic E-state index is 0.0800. The van der Waals surface area contributed by atoms with Crippen molar-refractivity contribution < 1.29 is 29.1 Å². The molecule has 7 rings (SSSR count). The number of carbonyl (C=O) groups is 3. The van der Waals surface area contributed by atoms with E-state index in [0.717, 1.165) is 71.5 Å². The van der Waals surface area contributed by atoms with Crippen molar-refractivity contribution in [1.82, 2.24) is 30.6 Å². The number of carbonyl (C=O) groups excluding carboxylic acids is 2. The number of H-pyrrole nitrogens is 2. The van der Waals surface area contributed by atoms with E-state index in [1.165, 1.54) is 83.1 Å². The zero-order chi connectivity index (χ0) is 46.2. The topological polar surface area (TPSA) is 184 Å². The maximum atomic E-state index is 13.0. The van der Waals surface area contributed by atoms with E-state index in [-0.39, 0.29) is 24.3 Å². The van der Waals surface area contributed by atoms with Crippen molar-refractivity contribution in [3.63, 3.8) is 0 Å². The van der Waals surface area contributed by atoms with Crippen LogP contribution in [0, 0.1) is 0 Å². The van der Waals surface area contributed by atoms with Gasteiger partial charge in [-0.2, -0.15) is 0 Å². The second-order valence-electron chi connectivity index (χ2n) is 17.1. The van der Waals surface area contributed by atoms with E-state index in [1.807, 2.05) is 72.8 Å². The normalized spacial score (nSPS) is 15.5. The number of rotatable bonds is 25. The number of carboxylic acids is 1. The van der Waals surface area contributed by atoms with Gasteiger partial charge in [0.15, 0.2) is 0 Å². The first-order chi connectivity index (χ1) is 32.4. The summed E-state index contributed by atoms with van der Waals surface area (Å²) in [4.78, 5) is 57.0. The Labute approximate surface area is 389 Å². The molecule has 2 atom stereocenters. The number of carboxylic acid groups (broad SMARTS) is 1. The Kier molecular flexibility index (Phi) is 20.2. The predicted molar refractivity (Wildman–Crippen MR) is 261 cm³/mol. The van der Waals surface area contributed by atoms with Crippen molar-refractivity contribution in [3.05, 3.63) is 114 Å². The lowest BCUT2D eigenvalue weighted by Gasteiger charge is -2.08. The van der Waals surface area contributed by atoms with E-state index in [9.17, 15) is 19.5 Å². The number of amides is 2. The molecule has 4 heterocycles. The highest BCUT2D eigenvalue weighted by Gasteiger charge is 2.28. The van der Waals surface area contributed by atoms with Crippen molar-refractivity contribution in [3.8, 4) is 33.9 Å². The van der Waals surface area contributed by atoms with Gasteiger partial charge in [0.25, 0.3) is 5.91 Å². The van der Waals surface area contributed by atoms with Gasteiger partial charge in [-0.1, -0.05) is 156 Å². The van der Waals surface area contributed by atoms with Gasteiger partial charge in [0.1, 0.15) is 5.82 Å². The van der Waals surface area contributed by atoms with Gasteiger partial charge in [-0.25, -0.2) is 14.8 Å². The number of unbranched alkanes of at least 4 members (excludes halogenated alkanes) is 13. The number of benzene rings is 3. The first-order valence-corrected chi connectivity index (χ1v) is 24.0. The van der Waals surface area contributed by atoms with Crippen LogP contribution in [0.5, 0.6) is 0 Å². The summed E-state index contributed by atoms with van der Waals surface area (Å²) in [5.41, 5.74) is 6.93. The Morgan fingerprint density at radius 2 is 1.41 bits per heavy atom. The molecule has 1 saturated heterocycles. The molecule has 3 aromatic carbocycles. The number of oxime groups is 1. The van der Waals surface area contributed by atoms with Gasteiger partial charge in [0.05, 0.1) is 29.5 Å². The number of aromatic amines is 2. The molecule has 2 aliphatic rings. The van der Waals surface area contributed by atoms with Crippen molar-refractivity contribution in [2.24, 2.45) is 5.16 Å². The maximum Gasteiger partial charge on any atom is 0.348 e. The predicted octanol–water partition coefficient (Wildman–Crippen LogP) is 10.9. The summed E-state index contributed by atoms with van der Waals surface area (Å²) in [5.74, 6) is -0.639. The highest BCUT2D eigenvalue weighted by atomic mass is 16.7. The van der Waals surface area contributed by atoms with Gasteiger partial charge in [-0.3, -0.25) is 9.59 Å². The molecule has 0 radical (unpaired) electrons. The average molecular weight is 898 g/mol. The summed E-state index contributed by atoms with van der Waals surface area (Å²) in [6.07, 6.45) is 27.9. The Morgan fingerprint density at radius 1 is 0.773 bits per heavy atom. The summed E-state index contributed by atoms with van der Waals surface area (Å²) < 4.78 is 5.60. The van der Waals surface area contributed by atoms with Crippen LogP contribution in [0.2, 0.25) is 0 Å². The van der Waals surface area contributed by atoms with E-state index in [4.69, 9.17) is 14.6 Å². The molecule has 5 aromatic rings. The molecule has 2 aliphatic heterocycles. The molecule has 0 saturated carbocycles. The second kappa shape index (κ2) is 27.2. The standard InChI is InChI=1S/C50H63N5O6.C3H4N2/c1-2-3-4-5-6-7-8-9-10-11-12-13-14-15-32-51-49(57)41-29-27-40(28-30-41)48-53-46(38-21-18-36(19-22-38)20-31-45(56)52-35-42-17-16-33-60-42)47(54-48)39-25-23-37(24-26-39)43-34-44(50(58)59)61-55-43;1-2-5-3-4-1/h18-31,42,44H,2-17,32-35H2,1H3,(H,51,57)(H,52,56)(H,53,54)(H,58,59);1-3H,(H,4,5). The lowest BCUT2D eigenvalue weighted by Crippen LogP contribution is -2.30. The molecular weight excluding hydrogens is 831 g/mol. The highest BCUT2D eigenvalue weighted by Crippen LogP contribution is 2.34. The van der Waals surface area contributed by atoms with Gasteiger partial charge in [-0.05, 0) is 48.6 Å². The summed E-state index contributed by atoms with van der Waals surface area (Å²) in [6.45, 7) is 4.19. The van der Waals surface area contributed by atoms with Crippen molar-refractivity contribution in [2.45, 2.75) is 128 Å². The number of aliphatic carboxylic acids is 1. The Hall–Kier alpha value is -6.34. The lowest BCUT2D eigenvalue weighted by molar-refractivity contribution is -0.148. The maximum absolute atomic E-state index is 13.0. The monoisotopic (exact) mass is 898 g/mol. The van der Waals surface area contributed by atoms with Crippen molar-refractivity contribution >= 4 is 29.6 Å². The fourth-order valence-corrected chi connectivity index (χ4v) is 8.06. The average Bonchev–Trinajstić information content (AvgIpc) is 4.21. The number of imidazole rings is 2. The lowest BCUT2D eigenvalue weighted by atomic mass is 10.00. The number of hydrogen-bond donors (Lipinski definition) is 5. The van der Waals surface area contributed by atoms with Crippen LogP contribution in [0.15, 0.2) is 103 Å². The van der Waals surface area contributed by atoms with Gasteiger partial charge >= 0.3 is 5.97 Å². The van der Waals surface area contributed by atoms with Crippen LogP contribution in [0.1, 0.15) is 138 Å². The number of hydrogen-bond acceptors (Lipinski definition) is 8. The summed E-state index contributed by atoms with van der Waals surface area (Å²) in [6, 6.07) is 23.0. The Morgan fingerprint density at radius 3 is 1.98 bits per heavy atom. The zero-order valence-corrected chi connectivity index (χ0v) is 38.4. The fraction of sp³-hybridized carbons (Fsp3) is 0.434. The van der Waals surface area contributed by atoms with E-state index in [2.05, 4.69) is 37.7 Å². The van der Waals surface area contributed by atoms with Crippen LogP contribution >= 0.6 is 0 Å². The van der Waals surface area contributed by atoms with Gasteiger partial charge < -0.3 is 35.3 Å². The van der Waals surface area contributed by atoms with Crippen LogP contribution in [-0.4, -0.2) is 80.4 Å². The van der Waals surface area contributed by atoms with Gasteiger partial charge in [0.2, 0.25) is 12.0 Å². The van der Waals surface area contributed by atoms with Gasteiger partial charge in [-0.15, -0.1) is 0 Å². The van der Waals surface area contributed by atoms with Crippen LogP contribution in [0.25, 0.3) is 40.0 Å². The molecule has 0 aliphatic carbocycles. The minimum Gasteiger partial charge on any atom is -0.478 e. The number of nitrogens with one attached hydrogen (secondary N) is 4. The van der Waals surface area contributed by atoms with Crippen LogP contribution in [0.4, 0.5) is 0 Å². The van der Waals surface area contributed by atoms with Crippen LogP contribution in [-0.2, 0) is 19.2 Å². The molecular formula is C53H67N7O6. The van der Waals surface area contributed by atoms with Crippen LogP contribution in [0.3, 0.4) is 0 Å². The fourth-order valence-electron chi connectivity index (χ4n) is 8.06. The molecule has 2 aromatic heterocycles. The molecule has 350 valence electrons. The number of nitrogens with zero attached hydrogens (tertiary/aromatic N) is 3. The Bertz CT molecular complexity index is 2240. The third-order valence-electron chi connectivity index (χ3n) is 11.9.